The molecule has 0 radical (unpaired) electrons. The Hall–Kier alpha value is -0.260. The van der Waals surface area contributed by atoms with Gasteiger partial charge < -0.3 is 0 Å². The highest BCUT2D eigenvalue weighted by molar-refractivity contribution is 7.86. The first-order chi connectivity index (χ1) is 4.96. The van der Waals surface area contributed by atoms with Gasteiger partial charge in [0.15, 0.2) is 0 Å². The van der Waals surface area contributed by atoms with E-state index in [1.54, 1.807) is 0 Å². The summed E-state index contributed by atoms with van der Waals surface area (Å²) in [5.41, 5.74) is -1.87. The second-order valence-corrected chi connectivity index (χ2v) is 4.82. The van der Waals surface area contributed by atoms with Crippen LogP contribution in [0.1, 0.15) is 20.8 Å². The molecule has 0 amide bonds. The van der Waals surface area contributed by atoms with E-state index >= 15 is 0 Å². The Bertz CT molecular complexity index is 250. The maximum Gasteiger partial charge on any atom is 0.303 e. The van der Waals surface area contributed by atoms with Crippen molar-refractivity contribution in [2.45, 2.75) is 26.7 Å². The Labute approximate surface area is 70.0 Å². The maximum atomic E-state index is 12.6. The molecule has 0 rings (SSSR count). The van der Waals surface area contributed by atoms with Crippen LogP contribution in [0.4, 0.5) is 12.7 Å². The molecule has 0 N–H and O–H groups in total. The van der Waals surface area contributed by atoms with Crippen LogP contribution in [0, 0.1) is 5.41 Å². The molecule has 0 aromatic carbocycles. The monoisotopic (exact) mass is 204 g/mol. The fourth-order valence-corrected chi connectivity index (χ4v) is 1.67. The Morgan fingerprint density at radius 1 is 1.17 bits per heavy atom. The van der Waals surface area contributed by atoms with E-state index in [2.05, 4.69) is 0 Å². The molecule has 0 aliphatic carbocycles. The van der Waals surface area contributed by atoms with Crippen molar-refractivity contribution in [3.63, 3.8) is 0 Å². The third kappa shape index (κ3) is 3.42. The lowest BCUT2D eigenvalue weighted by Crippen LogP contribution is -2.38. The van der Waals surface area contributed by atoms with E-state index in [1.807, 2.05) is 0 Å². The normalized spacial score (nSPS) is 14.8. The van der Waals surface area contributed by atoms with Gasteiger partial charge in [0.25, 0.3) is 5.92 Å². The van der Waals surface area contributed by atoms with Crippen LogP contribution in [0.15, 0.2) is 0 Å². The first-order valence-electron chi connectivity index (χ1n) is 3.26. The molecule has 0 bridgehead atoms. The van der Waals surface area contributed by atoms with Gasteiger partial charge in [-0.2, -0.15) is 8.42 Å². The molecular weight excluding hydrogens is 193 g/mol. The molecule has 74 valence electrons. The maximum absolute atomic E-state index is 12.6. The van der Waals surface area contributed by atoms with E-state index in [0.717, 1.165) is 13.8 Å². The summed E-state index contributed by atoms with van der Waals surface area (Å²) in [5.74, 6) is -4.38. The molecule has 0 saturated carbocycles. The topological polar surface area (TPSA) is 34.1 Å². The van der Waals surface area contributed by atoms with E-state index in [0.29, 0.717) is 6.92 Å². The molecule has 0 heterocycles. The number of rotatable bonds is 3. The smallest absolute Gasteiger partial charge is 0.207 e. The van der Waals surface area contributed by atoms with Crippen LogP contribution in [0.3, 0.4) is 0 Å². The number of alkyl halides is 2. The molecule has 0 unspecified atom stereocenters. The molecule has 0 aliphatic rings. The number of halogens is 3. The van der Waals surface area contributed by atoms with Crippen LogP contribution in [-0.2, 0) is 10.2 Å². The van der Waals surface area contributed by atoms with Crippen molar-refractivity contribution in [1.29, 1.82) is 0 Å². The van der Waals surface area contributed by atoms with Gasteiger partial charge in [-0.05, 0) is 6.92 Å². The van der Waals surface area contributed by atoms with Crippen LogP contribution in [0.25, 0.3) is 0 Å². The number of hydrogen-bond acceptors (Lipinski definition) is 2. The van der Waals surface area contributed by atoms with Crippen molar-refractivity contribution in [2.75, 3.05) is 5.75 Å². The van der Waals surface area contributed by atoms with Gasteiger partial charge in [0.1, 0.15) is 0 Å². The molecule has 0 spiro atoms. The second-order valence-electron chi connectivity index (χ2n) is 3.46. The Balaban J connectivity index is 4.67. The highest BCUT2D eigenvalue weighted by Gasteiger charge is 2.45. The zero-order valence-electron chi connectivity index (χ0n) is 7.07. The van der Waals surface area contributed by atoms with Crippen LogP contribution in [0.5, 0.6) is 0 Å². The third-order valence-electron chi connectivity index (χ3n) is 1.72. The van der Waals surface area contributed by atoms with Crippen molar-refractivity contribution in [2.24, 2.45) is 5.41 Å². The Morgan fingerprint density at radius 3 is 1.58 bits per heavy atom. The van der Waals surface area contributed by atoms with Gasteiger partial charge >= 0.3 is 10.2 Å². The molecule has 2 nitrogen and oxygen atoms in total. The van der Waals surface area contributed by atoms with Gasteiger partial charge in [0.2, 0.25) is 0 Å². The second kappa shape index (κ2) is 2.90. The van der Waals surface area contributed by atoms with E-state index in [-0.39, 0.29) is 0 Å². The summed E-state index contributed by atoms with van der Waals surface area (Å²) in [4.78, 5) is 0. The highest BCUT2D eigenvalue weighted by atomic mass is 32.3. The lowest BCUT2D eigenvalue weighted by molar-refractivity contribution is -0.0770. The van der Waals surface area contributed by atoms with Gasteiger partial charge in [0, 0.05) is 5.41 Å². The lowest BCUT2D eigenvalue weighted by Gasteiger charge is -2.29. The average Bonchev–Trinajstić information content (AvgIpc) is 1.52. The first-order valence-corrected chi connectivity index (χ1v) is 4.81. The predicted octanol–water partition coefficient (Wildman–Crippen LogP) is 1.97. The van der Waals surface area contributed by atoms with Crippen molar-refractivity contribution < 1.29 is 21.1 Å². The Kier molecular flexibility index (Phi) is 2.84. The van der Waals surface area contributed by atoms with Gasteiger partial charge in [-0.25, -0.2) is 8.78 Å². The quantitative estimate of drug-likeness (QED) is 0.658. The lowest BCUT2D eigenvalue weighted by atomic mass is 9.89. The van der Waals surface area contributed by atoms with Crippen LogP contribution in [-0.4, -0.2) is 20.1 Å². The SMILES string of the molecule is CC(F)(F)C(C)(C)CS(=O)(=O)F. The molecule has 0 atom stereocenters. The molecule has 0 aromatic heterocycles. The van der Waals surface area contributed by atoms with Crippen molar-refractivity contribution in [3.05, 3.63) is 0 Å². The largest absolute Gasteiger partial charge is 0.303 e. The molecule has 0 saturated heterocycles. The van der Waals surface area contributed by atoms with Crippen LogP contribution >= 0.6 is 0 Å². The molecular formula is C6H11F3O2S. The third-order valence-corrected chi connectivity index (χ3v) is 2.79. The van der Waals surface area contributed by atoms with E-state index in [4.69, 9.17) is 0 Å². The summed E-state index contributed by atoms with van der Waals surface area (Å²) in [7, 11) is -4.84. The highest BCUT2D eigenvalue weighted by Crippen LogP contribution is 2.36. The average molecular weight is 204 g/mol. The molecule has 6 heteroatoms. The van der Waals surface area contributed by atoms with Gasteiger partial charge in [-0.15, -0.1) is 3.89 Å². The van der Waals surface area contributed by atoms with E-state index < -0.39 is 27.3 Å². The number of hydrogen-bond donors (Lipinski definition) is 0. The Morgan fingerprint density at radius 2 is 1.50 bits per heavy atom. The minimum absolute atomic E-state index is 0.568. The summed E-state index contributed by atoms with van der Waals surface area (Å²) in [6.45, 7) is 2.58. The molecule has 0 aliphatic heterocycles. The van der Waals surface area contributed by atoms with Crippen LogP contribution in [0.2, 0.25) is 0 Å². The standard InChI is InChI=1S/C6H11F3O2S/c1-5(2,6(3,7)8)4-12(9,10)11/h4H2,1-3H3. The molecule has 0 aromatic rings. The summed E-state index contributed by atoms with van der Waals surface area (Å²) in [6.07, 6.45) is 0. The van der Waals surface area contributed by atoms with Crippen molar-refractivity contribution >= 4 is 10.2 Å². The van der Waals surface area contributed by atoms with Gasteiger partial charge in [-0.1, -0.05) is 13.8 Å². The van der Waals surface area contributed by atoms with E-state index in [9.17, 15) is 21.1 Å². The van der Waals surface area contributed by atoms with Gasteiger partial charge in [-0.3, -0.25) is 0 Å². The fraction of sp³-hybridized carbons (Fsp3) is 1.00. The summed E-state index contributed by atoms with van der Waals surface area (Å²) in [5, 5.41) is 0. The van der Waals surface area contributed by atoms with Crippen LogP contribution < -0.4 is 0 Å². The first kappa shape index (κ1) is 11.7. The predicted molar refractivity (Wildman–Crippen MR) is 39.3 cm³/mol. The van der Waals surface area contributed by atoms with Gasteiger partial charge in [0.05, 0.1) is 5.75 Å². The minimum atomic E-state index is -4.84. The van der Waals surface area contributed by atoms with Crippen molar-refractivity contribution in [1.82, 2.24) is 0 Å². The summed E-state index contributed by atoms with van der Waals surface area (Å²) in [6, 6.07) is 0. The fourth-order valence-electron chi connectivity index (χ4n) is 0.558. The molecule has 0 fully saturated rings. The van der Waals surface area contributed by atoms with Crippen molar-refractivity contribution in [3.8, 4) is 0 Å². The zero-order valence-corrected chi connectivity index (χ0v) is 7.88. The van der Waals surface area contributed by atoms with E-state index in [1.165, 1.54) is 0 Å². The minimum Gasteiger partial charge on any atom is -0.207 e. The molecule has 12 heavy (non-hydrogen) atoms. The summed E-state index contributed by atoms with van der Waals surface area (Å²) >= 11 is 0. The zero-order chi connectivity index (χ0) is 10.2. The summed E-state index contributed by atoms with van der Waals surface area (Å²) < 4.78 is 57.4.